The molecule has 0 bridgehead atoms. The van der Waals surface area contributed by atoms with E-state index >= 15 is 0 Å². The molecule has 2 rings (SSSR count). The average molecular weight is 341 g/mol. The Labute approximate surface area is 134 Å². The highest BCUT2D eigenvalue weighted by atomic mass is 32.2. The third-order valence-corrected chi connectivity index (χ3v) is 4.75. The van der Waals surface area contributed by atoms with E-state index in [1.54, 1.807) is 11.8 Å². The van der Waals surface area contributed by atoms with E-state index in [2.05, 4.69) is 15.0 Å². The van der Waals surface area contributed by atoms with Crippen molar-refractivity contribution in [3.05, 3.63) is 29.8 Å². The van der Waals surface area contributed by atoms with Crippen LogP contribution in [0, 0.1) is 0 Å². The summed E-state index contributed by atoms with van der Waals surface area (Å²) in [6, 6.07) is 7.46. The molecule has 1 aliphatic rings. The molecule has 8 heteroatoms. The predicted molar refractivity (Wildman–Crippen MR) is 88.5 cm³/mol. The second-order valence-electron chi connectivity index (χ2n) is 5.22. The lowest BCUT2D eigenvalue weighted by atomic mass is 10.0. The van der Waals surface area contributed by atoms with Gasteiger partial charge in [0.2, 0.25) is 0 Å². The lowest BCUT2D eigenvalue weighted by molar-refractivity contribution is -0.116. The molecular weight excluding hydrogens is 322 g/mol. The van der Waals surface area contributed by atoms with E-state index in [1.165, 1.54) is 17.4 Å². The fraction of sp³-hybridized carbons (Fsp3) is 0.429. The van der Waals surface area contributed by atoms with Crippen LogP contribution in [0.2, 0.25) is 0 Å². The molecule has 120 valence electrons. The lowest BCUT2D eigenvalue weighted by Crippen LogP contribution is -2.41. The second kappa shape index (κ2) is 7.15. The van der Waals surface area contributed by atoms with Crippen LogP contribution >= 0.6 is 11.8 Å². The number of rotatable bonds is 3. The Morgan fingerprint density at radius 2 is 2.09 bits per heavy atom. The molecular formula is C14H19N3O3S2. The van der Waals surface area contributed by atoms with E-state index < -0.39 is 21.7 Å². The van der Waals surface area contributed by atoms with Crippen molar-refractivity contribution in [3.8, 4) is 0 Å². The Morgan fingerprint density at radius 1 is 1.36 bits per heavy atom. The van der Waals surface area contributed by atoms with Gasteiger partial charge in [-0.2, -0.15) is 4.36 Å². The van der Waals surface area contributed by atoms with Gasteiger partial charge in [0.1, 0.15) is 6.54 Å². The maximum atomic E-state index is 11.9. The Hall–Kier alpha value is -1.54. The van der Waals surface area contributed by atoms with Crippen LogP contribution in [0.5, 0.6) is 0 Å². The first kappa shape index (κ1) is 16.8. The maximum absolute atomic E-state index is 11.9. The molecule has 6 nitrogen and oxygen atoms in total. The van der Waals surface area contributed by atoms with E-state index in [1.807, 2.05) is 24.3 Å². The van der Waals surface area contributed by atoms with Crippen LogP contribution in [0.3, 0.4) is 0 Å². The highest BCUT2D eigenvalue weighted by Crippen LogP contribution is 2.35. The molecule has 0 saturated carbocycles. The Kier molecular flexibility index (Phi) is 5.47. The van der Waals surface area contributed by atoms with Gasteiger partial charge < -0.3 is 10.6 Å². The summed E-state index contributed by atoms with van der Waals surface area (Å²) in [7, 11) is -2.49. The smallest absolute Gasteiger partial charge is 0.315 e. The normalized spacial score (nSPS) is 17.3. The third-order valence-electron chi connectivity index (χ3n) is 2.99. The molecule has 0 aliphatic carbocycles. The molecule has 1 aliphatic heterocycles. The van der Waals surface area contributed by atoms with Gasteiger partial charge in [0.25, 0.3) is 5.91 Å². The number of carbonyl (C=O) groups excluding carboxylic acids is 2. The quantitative estimate of drug-likeness (QED) is 0.877. The molecule has 0 aromatic heterocycles. The van der Waals surface area contributed by atoms with Gasteiger partial charge in [-0.15, -0.1) is 11.8 Å². The zero-order valence-corrected chi connectivity index (χ0v) is 14.1. The van der Waals surface area contributed by atoms with Gasteiger partial charge in [-0.1, -0.05) is 18.2 Å². The number of fused-ring (bicyclic) bond motifs is 1. The summed E-state index contributed by atoms with van der Waals surface area (Å²) in [6.07, 6.45) is 3.59. The number of thioether (sulfide) groups is 1. The molecule has 0 unspecified atom stereocenters. The van der Waals surface area contributed by atoms with Crippen LogP contribution in [-0.4, -0.2) is 41.0 Å². The molecule has 0 spiro atoms. The number of hydrogen-bond donors (Lipinski definition) is 2. The number of nitrogens with zero attached hydrogens (tertiary/aromatic N) is 1. The van der Waals surface area contributed by atoms with E-state index in [0.717, 1.165) is 17.7 Å². The van der Waals surface area contributed by atoms with Gasteiger partial charge in [-0.05, 0) is 18.1 Å². The molecule has 1 aromatic carbocycles. The highest BCUT2D eigenvalue weighted by Gasteiger charge is 2.21. The summed E-state index contributed by atoms with van der Waals surface area (Å²) in [6.45, 7) is -0.256. The molecule has 1 heterocycles. The molecule has 22 heavy (non-hydrogen) atoms. The molecule has 0 fully saturated rings. The van der Waals surface area contributed by atoms with Gasteiger partial charge in [-0.3, -0.25) is 4.79 Å². The standard InChI is InChI=1S/C14H19N3O3S2/c1-22(2,20)17-13(18)9-15-14(19)16-11-7-8-21-12-6-4-3-5-10(11)12/h3-6,11H,7-9H2,1-2H3,(H2,15,16,19)/t11-/m1/s1. The summed E-state index contributed by atoms with van der Waals surface area (Å²) in [5.74, 6) is 0.342. The third kappa shape index (κ3) is 5.03. The van der Waals surface area contributed by atoms with Crippen LogP contribution in [0.1, 0.15) is 18.0 Å². The molecule has 0 saturated heterocycles. The zero-order chi connectivity index (χ0) is 16.2. The number of urea groups is 1. The van der Waals surface area contributed by atoms with Crippen LogP contribution in [0.4, 0.5) is 4.79 Å². The van der Waals surface area contributed by atoms with Crippen LogP contribution in [-0.2, 0) is 14.5 Å². The first-order valence-electron chi connectivity index (χ1n) is 6.81. The summed E-state index contributed by atoms with van der Waals surface area (Å²) < 4.78 is 14.9. The van der Waals surface area contributed by atoms with Crippen molar-refractivity contribution < 1.29 is 13.8 Å². The molecule has 0 radical (unpaired) electrons. The fourth-order valence-corrected chi connectivity index (χ4v) is 3.81. The first-order valence-corrected chi connectivity index (χ1v) is 10.1. The monoisotopic (exact) mass is 341 g/mol. The van der Waals surface area contributed by atoms with Crippen molar-refractivity contribution in [2.45, 2.75) is 17.4 Å². The van der Waals surface area contributed by atoms with Crippen LogP contribution in [0.25, 0.3) is 0 Å². The Morgan fingerprint density at radius 3 is 2.82 bits per heavy atom. The molecule has 3 amide bonds. The molecule has 1 atom stereocenters. The highest BCUT2D eigenvalue weighted by molar-refractivity contribution is 7.99. The van der Waals surface area contributed by atoms with Crippen molar-refractivity contribution in [1.29, 1.82) is 0 Å². The summed E-state index contributed by atoms with van der Waals surface area (Å²) in [5.41, 5.74) is 1.09. The minimum absolute atomic E-state index is 0.0638. The van der Waals surface area contributed by atoms with Crippen molar-refractivity contribution in [3.63, 3.8) is 0 Å². The van der Waals surface area contributed by atoms with E-state index in [0.29, 0.717) is 0 Å². The number of carbonyl (C=O) groups is 2. The van der Waals surface area contributed by atoms with E-state index in [4.69, 9.17) is 0 Å². The Balaban J connectivity index is 1.91. The van der Waals surface area contributed by atoms with Gasteiger partial charge in [-0.25, -0.2) is 9.00 Å². The summed E-state index contributed by atoms with van der Waals surface area (Å²) in [5, 5.41) is 5.32. The van der Waals surface area contributed by atoms with Crippen molar-refractivity contribution in [2.75, 3.05) is 24.8 Å². The van der Waals surface area contributed by atoms with Gasteiger partial charge in [0, 0.05) is 32.9 Å². The number of hydrogen-bond acceptors (Lipinski definition) is 4. The van der Waals surface area contributed by atoms with Crippen molar-refractivity contribution in [1.82, 2.24) is 10.6 Å². The topological polar surface area (TPSA) is 87.6 Å². The predicted octanol–water partition coefficient (Wildman–Crippen LogP) is 1.78. The fourth-order valence-electron chi connectivity index (χ4n) is 2.13. The van der Waals surface area contributed by atoms with Gasteiger partial charge in [0.15, 0.2) is 0 Å². The SMILES string of the molecule is CS(C)(=O)=NC(=O)CNC(=O)N[C@@H]1CCSc2ccccc21. The lowest BCUT2D eigenvalue weighted by Gasteiger charge is -2.25. The zero-order valence-electron chi connectivity index (χ0n) is 12.5. The van der Waals surface area contributed by atoms with Crippen molar-refractivity contribution >= 4 is 33.4 Å². The molecule has 2 N–H and O–H groups in total. The molecule has 1 aromatic rings. The number of benzene rings is 1. The summed E-state index contributed by atoms with van der Waals surface area (Å²) in [4.78, 5) is 24.5. The minimum atomic E-state index is -2.49. The van der Waals surface area contributed by atoms with Gasteiger partial charge >= 0.3 is 6.03 Å². The van der Waals surface area contributed by atoms with E-state index in [-0.39, 0.29) is 12.6 Å². The van der Waals surface area contributed by atoms with Crippen molar-refractivity contribution in [2.24, 2.45) is 4.36 Å². The van der Waals surface area contributed by atoms with Crippen LogP contribution in [0.15, 0.2) is 33.5 Å². The number of nitrogens with one attached hydrogen (secondary N) is 2. The first-order chi connectivity index (χ1) is 10.3. The minimum Gasteiger partial charge on any atom is -0.331 e. The number of amides is 3. The average Bonchev–Trinajstić information content (AvgIpc) is 2.44. The summed E-state index contributed by atoms with van der Waals surface area (Å²) >= 11 is 1.77. The Bertz CT molecular complexity index is 688. The van der Waals surface area contributed by atoms with E-state index in [9.17, 15) is 13.8 Å². The maximum Gasteiger partial charge on any atom is 0.315 e. The second-order valence-corrected chi connectivity index (χ2v) is 8.90. The van der Waals surface area contributed by atoms with Gasteiger partial charge in [0.05, 0.1) is 6.04 Å². The van der Waals surface area contributed by atoms with Crippen LogP contribution < -0.4 is 10.6 Å². The largest absolute Gasteiger partial charge is 0.331 e.